The van der Waals surface area contributed by atoms with Gasteiger partial charge in [0.25, 0.3) is 0 Å². The third kappa shape index (κ3) is 3.59. The summed E-state index contributed by atoms with van der Waals surface area (Å²) in [5.74, 6) is -0.439. The second kappa shape index (κ2) is 6.69. The van der Waals surface area contributed by atoms with Crippen LogP contribution >= 0.6 is 0 Å². The summed E-state index contributed by atoms with van der Waals surface area (Å²) < 4.78 is 14.1. The minimum Gasteiger partial charge on any atom is -0.369 e. The van der Waals surface area contributed by atoms with Crippen molar-refractivity contribution in [1.29, 1.82) is 0 Å². The molecule has 0 spiro atoms. The summed E-state index contributed by atoms with van der Waals surface area (Å²) in [7, 11) is 0. The number of nitrogens with one attached hydrogen (secondary N) is 1. The minimum absolute atomic E-state index is 0.115. The van der Waals surface area contributed by atoms with Gasteiger partial charge in [-0.15, -0.1) is 0 Å². The number of hydrogen-bond acceptors (Lipinski definition) is 5. The van der Waals surface area contributed by atoms with Crippen molar-refractivity contribution in [2.45, 2.75) is 39.2 Å². The van der Waals surface area contributed by atoms with Crippen LogP contribution in [0.25, 0.3) is 0 Å². The molecule has 2 atom stereocenters. The summed E-state index contributed by atoms with van der Waals surface area (Å²) in [6.07, 6.45) is 3.62. The van der Waals surface area contributed by atoms with E-state index in [1.54, 1.807) is 0 Å². The van der Waals surface area contributed by atoms with Gasteiger partial charge in [-0.3, -0.25) is 4.79 Å². The predicted molar refractivity (Wildman–Crippen MR) is 79.5 cm³/mol. The highest BCUT2D eigenvalue weighted by Crippen LogP contribution is 2.28. The van der Waals surface area contributed by atoms with Gasteiger partial charge in [-0.1, -0.05) is 6.92 Å². The quantitative estimate of drug-likeness (QED) is 0.860. The van der Waals surface area contributed by atoms with E-state index >= 15 is 0 Å². The molecule has 1 aromatic heterocycles. The molecule has 1 amide bonds. The molecule has 0 saturated carbocycles. The lowest BCUT2D eigenvalue weighted by Crippen LogP contribution is -2.46. The van der Waals surface area contributed by atoms with Crippen LogP contribution in [0, 0.1) is 11.7 Å². The second-order valence-corrected chi connectivity index (χ2v) is 5.47. The molecule has 6 nitrogen and oxygen atoms in total. The van der Waals surface area contributed by atoms with Crippen LogP contribution in [0.2, 0.25) is 0 Å². The number of halogens is 1. The molecule has 2 unspecified atom stereocenters. The van der Waals surface area contributed by atoms with Crippen LogP contribution in [0.5, 0.6) is 0 Å². The van der Waals surface area contributed by atoms with Crippen molar-refractivity contribution in [3.8, 4) is 0 Å². The second-order valence-electron chi connectivity index (χ2n) is 5.47. The summed E-state index contributed by atoms with van der Waals surface area (Å²) in [5.41, 5.74) is 5.38. The molecule has 0 radical (unpaired) electrons. The van der Waals surface area contributed by atoms with Crippen molar-refractivity contribution >= 4 is 17.7 Å². The van der Waals surface area contributed by atoms with E-state index in [4.69, 9.17) is 5.73 Å². The minimum atomic E-state index is -0.478. The Labute approximate surface area is 123 Å². The van der Waals surface area contributed by atoms with E-state index in [-0.39, 0.29) is 23.7 Å². The Bertz CT molecular complexity index is 510. The number of carbonyl (C=O) groups excluding carboxylic acids is 1. The number of carbonyl (C=O) groups is 1. The molecular weight excluding hydrogens is 273 g/mol. The van der Waals surface area contributed by atoms with E-state index in [1.165, 1.54) is 6.20 Å². The summed E-state index contributed by atoms with van der Waals surface area (Å²) >= 11 is 0. The maximum Gasteiger partial charge on any atom is 0.224 e. The maximum atomic E-state index is 14.1. The Morgan fingerprint density at radius 2 is 2.33 bits per heavy atom. The molecule has 1 aliphatic rings. The van der Waals surface area contributed by atoms with Gasteiger partial charge in [0.05, 0.1) is 12.1 Å². The lowest BCUT2D eigenvalue weighted by molar-refractivity contribution is -0.122. The number of hydrogen-bond donors (Lipinski definition) is 2. The van der Waals surface area contributed by atoms with Crippen molar-refractivity contribution in [2.24, 2.45) is 11.7 Å². The van der Waals surface area contributed by atoms with Crippen LogP contribution in [-0.2, 0) is 4.79 Å². The van der Waals surface area contributed by atoms with E-state index < -0.39 is 5.82 Å². The lowest BCUT2D eigenvalue weighted by Gasteiger charge is -2.37. The van der Waals surface area contributed by atoms with Gasteiger partial charge in [-0.2, -0.15) is 4.98 Å². The number of primary amides is 1. The first-order valence-corrected chi connectivity index (χ1v) is 7.35. The number of amides is 1. The third-order valence-electron chi connectivity index (χ3n) is 3.82. The SMILES string of the molecule is CCCNc1ncc(F)c(N2CC(C(N)=O)CCC2C)n1. The highest BCUT2D eigenvalue weighted by atomic mass is 19.1. The van der Waals surface area contributed by atoms with Crippen molar-refractivity contribution in [3.05, 3.63) is 12.0 Å². The van der Waals surface area contributed by atoms with Crippen molar-refractivity contribution in [1.82, 2.24) is 9.97 Å². The molecule has 2 rings (SSSR count). The van der Waals surface area contributed by atoms with Crippen LogP contribution in [-0.4, -0.2) is 35.0 Å². The highest BCUT2D eigenvalue weighted by Gasteiger charge is 2.31. The molecule has 1 aromatic rings. The third-order valence-corrected chi connectivity index (χ3v) is 3.82. The van der Waals surface area contributed by atoms with Crippen LogP contribution in [0.3, 0.4) is 0 Å². The first kappa shape index (κ1) is 15.5. The zero-order valence-corrected chi connectivity index (χ0v) is 12.5. The Hall–Kier alpha value is -1.92. The number of aromatic nitrogens is 2. The highest BCUT2D eigenvalue weighted by molar-refractivity contribution is 5.77. The van der Waals surface area contributed by atoms with Gasteiger partial charge in [0, 0.05) is 19.1 Å². The molecule has 1 fully saturated rings. The molecule has 0 aromatic carbocycles. The Morgan fingerprint density at radius 3 is 3.00 bits per heavy atom. The summed E-state index contributed by atoms with van der Waals surface area (Å²) in [6, 6.07) is 0.115. The van der Waals surface area contributed by atoms with Crippen molar-refractivity contribution in [3.63, 3.8) is 0 Å². The van der Waals surface area contributed by atoms with Gasteiger partial charge in [0.15, 0.2) is 11.6 Å². The topological polar surface area (TPSA) is 84.1 Å². The van der Waals surface area contributed by atoms with E-state index in [2.05, 4.69) is 15.3 Å². The van der Waals surface area contributed by atoms with Gasteiger partial charge in [-0.05, 0) is 26.2 Å². The van der Waals surface area contributed by atoms with Gasteiger partial charge in [0.1, 0.15) is 0 Å². The summed E-state index contributed by atoms with van der Waals surface area (Å²) in [4.78, 5) is 21.4. The number of nitrogens with zero attached hydrogens (tertiary/aromatic N) is 3. The van der Waals surface area contributed by atoms with E-state index in [0.717, 1.165) is 25.8 Å². The lowest BCUT2D eigenvalue weighted by atomic mass is 9.93. The molecule has 2 heterocycles. The largest absolute Gasteiger partial charge is 0.369 e. The fourth-order valence-corrected chi connectivity index (χ4v) is 2.52. The smallest absolute Gasteiger partial charge is 0.224 e. The van der Waals surface area contributed by atoms with Gasteiger partial charge in [-0.25, -0.2) is 9.37 Å². The number of rotatable bonds is 5. The monoisotopic (exact) mass is 295 g/mol. The molecule has 116 valence electrons. The van der Waals surface area contributed by atoms with E-state index in [0.29, 0.717) is 12.5 Å². The van der Waals surface area contributed by atoms with Gasteiger partial charge < -0.3 is 16.0 Å². The van der Waals surface area contributed by atoms with Crippen LogP contribution in [0.1, 0.15) is 33.1 Å². The standard InChI is InChI=1S/C14H22FN5O/c1-3-6-17-14-18-7-11(15)13(19-14)20-8-10(12(16)21)5-4-9(20)2/h7,9-10H,3-6,8H2,1-2H3,(H2,16,21)(H,17,18,19). The molecular formula is C14H22FN5O. The Morgan fingerprint density at radius 1 is 1.57 bits per heavy atom. The van der Waals surface area contributed by atoms with Crippen LogP contribution in [0.4, 0.5) is 16.2 Å². The molecule has 0 bridgehead atoms. The van der Waals surface area contributed by atoms with Crippen molar-refractivity contribution in [2.75, 3.05) is 23.3 Å². The van der Waals surface area contributed by atoms with Crippen molar-refractivity contribution < 1.29 is 9.18 Å². The summed E-state index contributed by atoms with van der Waals surface area (Å²) in [6.45, 7) is 5.15. The Kier molecular flexibility index (Phi) is 4.93. The Balaban J connectivity index is 2.23. The molecule has 1 aliphatic heterocycles. The molecule has 3 N–H and O–H groups in total. The normalized spacial score (nSPS) is 22.1. The fourth-order valence-electron chi connectivity index (χ4n) is 2.52. The number of anilines is 2. The average molecular weight is 295 g/mol. The average Bonchev–Trinajstić information content (AvgIpc) is 2.47. The van der Waals surface area contributed by atoms with Crippen LogP contribution in [0.15, 0.2) is 6.20 Å². The zero-order valence-electron chi connectivity index (χ0n) is 12.5. The zero-order chi connectivity index (χ0) is 15.4. The predicted octanol–water partition coefficient (Wildman–Crippen LogP) is 1.53. The van der Waals surface area contributed by atoms with Gasteiger partial charge in [0.2, 0.25) is 11.9 Å². The number of piperidine rings is 1. The molecule has 7 heteroatoms. The van der Waals surface area contributed by atoms with E-state index in [9.17, 15) is 9.18 Å². The fraction of sp³-hybridized carbons (Fsp3) is 0.643. The van der Waals surface area contributed by atoms with Gasteiger partial charge >= 0.3 is 0 Å². The first-order chi connectivity index (χ1) is 10.0. The van der Waals surface area contributed by atoms with E-state index in [1.807, 2.05) is 18.7 Å². The molecule has 1 saturated heterocycles. The molecule has 0 aliphatic carbocycles. The first-order valence-electron chi connectivity index (χ1n) is 7.35. The number of nitrogens with two attached hydrogens (primary N) is 1. The summed E-state index contributed by atoms with van der Waals surface area (Å²) in [5, 5.41) is 3.04. The maximum absolute atomic E-state index is 14.1. The molecule has 21 heavy (non-hydrogen) atoms. The van der Waals surface area contributed by atoms with Crippen LogP contribution < -0.4 is 16.0 Å².